The first-order chi connectivity index (χ1) is 7.83. The van der Waals surface area contributed by atoms with Crippen molar-refractivity contribution in [2.45, 2.75) is 38.6 Å². The first kappa shape index (κ1) is 11.7. The van der Waals surface area contributed by atoms with Gasteiger partial charge in [-0.15, -0.1) is 0 Å². The lowest BCUT2D eigenvalue weighted by Crippen LogP contribution is -2.55. The molecule has 2 aliphatic rings. The third-order valence-electron chi connectivity index (χ3n) is 3.73. The fourth-order valence-electron chi connectivity index (χ4n) is 2.71. The molecule has 0 aliphatic carbocycles. The number of carbonyl (C=O) groups excluding carboxylic acids is 1. The van der Waals surface area contributed by atoms with Gasteiger partial charge in [0.25, 0.3) is 0 Å². The van der Waals surface area contributed by atoms with Crippen molar-refractivity contribution in [3.8, 4) is 0 Å². The maximum Gasteiger partial charge on any atom is 0.320 e. The minimum Gasteiger partial charge on any atom is -0.322 e. The van der Waals surface area contributed by atoms with E-state index in [9.17, 15) is 4.79 Å². The molecule has 1 N–H and O–H groups in total. The molecule has 0 saturated carbocycles. The molecular weight excluding hydrogens is 202 g/mol. The lowest BCUT2D eigenvalue weighted by atomic mass is 10.0. The number of nitrogens with one attached hydrogen (secondary N) is 1. The van der Waals surface area contributed by atoms with Crippen LogP contribution in [-0.2, 0) is 0 Å². The zero-order chi connectivity index (χ0) is 11.4. The fraction of sp³-hybridized carbons (Fsp3) is 0.917. The van der Waals surface area contributed by atoms with Crippen molar-refractivity contribution in [1.29, 1.82) is 0 Å². The number of hydrogen-bond acceptors (Lipinski definition) is 2. The minimum atomic E-state index is 0.271. The van der Waals surface area contributed by atoms with Crippen molar-refractivity contribution < 1.29 is 4.79 Å². The average molecular weight is 225 g/mol. The Kier molecular flexibility index (Phi) is 4.04. The predicted octanol–water partition coefficient (Wildman–Crippen LogP) is 1.28. The van der Waals surface area contributed by atoms with Gasteiger partial charge < -0.3 is 15.1 Å². The zero-order valence-corrected chi connectivity index (χ0v) is 10.2. The molecule has 4 nitrogen and oxygen atoms in total. The molecule has 2 rings (SSSR count). The van der Waals surface area contributed by atoms with E-state index in [1.54, 1.807) is 0 Å². The second kappa shape index (κ2) is 5.53. The van der Waals surface area contributed by atoms with E-state index < -0.39 is 0 Å². The van der Waals surface area contributed by atoms with Crippen LogP contribution in [-0.4, -0.2) is 54.6 Å². The summed E-state index contributed by atoms with van der Waals surface area (Å²) in [6.45, 7) is 6.76. The van der Waals surface area contributed by atoms with Gasteiger partial charge in [-0.05, 0) is 25.7 Å². The van der Waals surface area contributed by atoms with Crippen LogP contribution >= 0.6 is 0 Å². The summed E-state index contributed by atoms with van der Waals surface area (Å²) < 4.78 is 0. The maximum atomic E-state index is 12.3. The molecule has 1 unspecified atom stereocenters. The number of likely N-dealkylation sites (tertiary alicyclic amines) is 1. The average Bonchev–Trinajstić information content (AvgIpc) is 2.39. The molecule has 0 bridgehead atoms. The highest BCUT2D eigenvalue weighted by Gasteiger charge is 2.29. The summed E-state index contributed by atoms with van der Waals surface area (Å²) in [5, 5.41) is 3.29. The van der Waals surface area contributed by atoms with Crippen LogP contribution in [0.3, 0.4) is 0 Å². The van der Waals surface area contributed by atoms with E-state index in [-0.39, 0.29) is 6.03 Å². The van der Waals surface area contributed by atoms with Gasteiger partial charge in [0.1, 0.15) is 0 Å². The predicted molar refractivity (Wildman–Crippen MR) is 64.5 cm³/mol. The summed E-state index contributed by atoms with van der Waals surface area (Å²) in [7, 11) is 0. The zero-order valence-electron chi connectivity index (χ0n) is 10.2. The van der Waals surface area contributed by atoms with E-state index >= 15 is 0 Å². The maximum absolute atomic E-state index is 12.3. The number of piperazine rings is 1. The summed E-state index contributed by atoms with van der Waals surface area (Å²) >= 11 is 0. The summed E-state index contributed by atoms with van der Waals surface area (Å²) in [4.78, 5) is 16.5. The Labute approximate surface area is 98.0 Å². The van der Waals surface area contributed by atoms with Crippen LogP contribution in [0.15, 0.2) is 0 Å². The molecule has 2 aliphatic heterocycles. The Morgan fingerprint density at radius 1 is 1.25 bits per heavy atom. The van der Waals surface area contributed by atoms with Crippen molar-refractivity contribution in [3.05, 3.63) is 0 Å². The Morgan fingerprint density at radius 2 is 2.00 bits per heavy atom. The molecule has 0 aromatic rings. The van der Waals surface area contributed by atoms with Gasteiger partial charge >= 0.3 is 6.03 Å². The molecule has 2 fully saturated rings. The number of amides is 2. The molecule has 4 heteroatoms. The van der Waals surface area contributed by atoms with Gasteiger partial charge in [0.05, 0.1) is 0 Å². The van der Waals surface area contributed by atoms with E-state index in [0.717, 1.165) is 39.1 Å². The first-order valence-electron chi connectivity index (χ1n) is 6.59. The molecular formula is C12H23N3O. The van der Waals surface area contributed by atoms with Crippen LogP contribution < -0.4 is 5.32 Å². The van der Waals surface area contributed by atoms with Crippen LogP contribution in [0.5, 0.6) is 0 Å². The second-order valence-corrected chi connectivity index (χ2v) is 4.77. The van der Waals surface area contributed by atoms with Crippen molar-refractivity contribution in [2.75, 3.05) is 32.7 Å². The highest BCUT2D eigenvalue weighted by atomic mass is 16.2. The summed E-state index contributed by atoms with van der Waals surface area (Å²) in [6, 6.07) is 0.754. The molecule has 0 radical (unpaired) electrons. The second-order valence-electron chi connectivity index (χ2n) is 4.77. The van der Waals surface area contributed by atoms with Gasteiger partial charge in [-0.1, -0.05) is 6.92 Å². The highest BCUT2D eigenvalue weighted by molar-refractivity contribution is 5.75. The van der Waals surface area contributed by atoms with Crippen molar-refractivity contribution >= 4 is 6.03 Å². The van der Waals surface area contributed by atoms with E-state index in [4.69, 9.17) is 0 Å². The van der Waals surface area contributed by atoms with Crippen LogP contribution in [0.25, 0.3) is 0 Å². The van der Waals surface area contributed by atoms with Crippen LogP contribution in [0.1, 0.15) is 32.6 Å². The Hall–Kier alpha value is -0.770. The molecule has 2 heterocycles. The summed E-state index contributed by atoms with van der Waals surface area (Å²) in [5.74, 6) is 0. The Balaban J connectivity index is 1.95. The molecule has 2 saturated heterocycles. The molecule has 0 aromatic heterocycles. The summed E-state index contributed by atoms with van der Waals surface area (Å²) in [6.07, 6.45) is 4.74. The van der Waals surface area contributed by atoms with Gasteiger partial charge in [-0.25, -0.2) is 4.79 Å². The van der Waals surface area contributed by atoms with Crippen molar-refractivity contribution in [1.82, 2.24) is 15.1 Å². The van der Waals surface area contributed by atoms with Gasteiger partial charge in [0.15, 0.2) is 0 Å². The Morgan fingerprint density at radius 3 is 2.69 bits per heavy atom. The van der Waals surface area contributed by atoms with Crippen LogP contribution in [0.2, 0.25) is 0 Å². The fourth-order valence-corrected chi connectivity index (χ4v) is 2.71. The number of urea groups is 1. The van der Waals surface area contributed by atoms with E-state index in [0.29, 0.717) is 6.04 Å². The highest BCUT2D eigenvalue weighted by Crippen LogP contribution is 2.20. The third-order valence-corrected chi connectivity index (χ3v) is 3.73. The number of hydrogen-bond donors (Lipinski definition) is 1. The largest absolute Gasteiger partial charge is 0.322 e. The van der Waals surface area contributed by atoms with Crippen LogP contribution in [0, 0.1) is 0 Å². The quantitative estimate of drug-likeness (QED) is 0.729. The standard InChI is InChI=1S/C12H23N3O/c1-2-11-5-3-4-8-15(11)12(16)14-9-6-13-7-10-14/h11,13H,2-10H2,1H3. The SMILES string of the molecule is CCC1CCCCN1C(=O)N1CCNCC1. The molecule has 0 aromatic carbocycles. The van der Waals surface area contributed by atoms with E-state index in [1.165, 1.54) is 19.3 Å². The number of piperidine rings is 1. The third kappa shape index (κ3) is 2.48. The smallest absolute Gasteiger partial charge is 0.320 e. The monoisotopic (exact) mass is 225 g/mol. The molecule has 92 valence electrons. The first-order valence-corrected chi connectivity index (χ1v) is 6.59. The van der Waals surface area contributed by atoms with Gasteiger partial charge in [-0.3, -0.25) is 0 Å². The van der Waals surface area contributed by atoms with E-state index in [2.05, 4.69) is 17.1 Å². The molecule has 1 atom stereocenters. The normalized spacial score (nSPS) is 26.9. The van der Waals surface area contributed by atoms with E-state index in [1.807, 2.05) is 4.90 Å². The van der Waals surface area contributed by atoms with Gasteiger partial charge in [-0.2, -0.15) is 0 Å². The van der Waals surface area contributed by atoms with Gasteiger partial charge in [0.2, 0.25) is 0 Å². The summed E-state index contributed by atoms with van der Waals surface area (Å²) in [5.41, 5.74) is 0. The molecule has 0 spiro atoms. The molecule has 2 amide bonds. The Bertz CT molecular complexity index is 238. The number of rotatable bonds is 1. The lowest BCUT2D eigenvalue weighted by molar-refractivity contribution is 0.109. The van der Waals surface area contributed by atoms with Gasteiger partial charge in [0, 0.05) is 38.8 Å². The van der Waals surface area contributed by atoms with Crippen molar-refractivity contribution in [3.63, 3.8) is 0 Å². The number of nitrogens with zero attached hydrogens (tertiary/aromatic N) is 2. The number of carbonyl (C=O) groups is 1. The topological polar surface area (TPSA) is 35.6 Å². The molecule has 16 heavy (non-hydrogen) atoms. The minimum absolute atomic E-state index is 0.271. The van der Waals surface area contributed by atoms with Crippen molar-refractivity contribution in [2.24, 2.45) is 0 Å². The van der Waals surface area contributed by atoms with Crippen LogP contribution in [0.4, 0.5) is 4.79 Å². The lowest BCUT2D eigenvalue weighted by Gasteiger charge is -2.40.